The Bertz CT molecular complexity index is 824. The van der Waals surface area contributed by atoms with Gasteiger partial charge in [-0.3, -0.25) is 9.59 Å². The monoisotopic (exact) mass is 378 g/mol. The van der Waals surface area contributed by atoms with E-state index in [2.05, 4.69) is 5.32 Å². The highest BCUT2D eigenvalue weighted by Crippen LogP contribution is 2.34. The number of alkyl halides is 3. The zero-order valence-electron chi connectivity index (χ0n) is 14.2. The molecule has 1 aliphatic heterocycles. The molecule has 1 aliphatic rings. The number of para-hydroxylation sites is 1. The summed E-state index contributed by atoms with van der Waals surface area (Å²) in [4.78, 5) is 26.2. The molecule has 0 aliphatic carbocycles. The number of anilines is 1. The van der Waals surface area contributed by atoms with E-state index < -0.39 is 29.6 Å². The van der Waals surface area contributed by atoms with E-state index in [-0.39, 0.29) is 25.4 Å². The average molecular weight is 378 g/mol. The van der Waals surface area contributed by atoms with Gasteiger partial charge in [0.1, 0.15) is 12.6 Å². The number of carbonyl (C=O) groups excluding carboxylic acids is 2. The summed E-state index contributed by atoms with van der Waals surface area (Å²) in [5.41, 5.74) is -0.495. The van der Waals surface area contributed by atoms with E-state index in [1.165, 1.54) is 23.1 Å². The lowest BCUT2D eigenvalue weighted by molar-refractivity contribution is -0.154. The van der Waals surface area contributed by atoms with E-state index in [1.54, 1.807) is 24.3 Å². The SMILES string of the molecule is O=C(Nc1ccccc1C(F)(F)F)C1COCC(=O)N1Cc1ccccc1. The van der Waals surface area contributed by atoms with Crippen molar-refractivity contribution in [2.24, 2.45) is 0 Å². The molecule has 0 aromatic heterocycles. The summed E-state index contributed by atoms with van der Waals surface area (Å²) < 4.78 is 44.5. The number of amides is 2. The van der Waals surface area contributed by atoms with Crippen LogP contribution in [0.4, 0.5) is 18.9 Å². The Morgan fingerprint density at radius 2 is 1.78 bits per heavy atom. The minimum atomic E-state index is -4.60. The van der Waals surface area contributed by atoms with E-state index >= 15 is 0 Å². The van der Waals surface area contributed by atoms with Crippen LogP contribution in [0.5, 0.6) is 0 Å². The highest BCUT2D eigenvalue weighted by atomic mass is 19.4. The zero-order chi connectivity index (χ0) is 19.4. The van der Waals surface area contributed by atoms with Crippen LogP contribution in [0, 0.1) is 0 Å². The second kappa shape index (κ2) is 7.79. The molecule has 27 heavy (non-hydrogen) atoms. The molecule has 142 valence electrons. The molecule has 1 fully saturated rings. The minimum absolute atomic E-state index is 0.0847. The predicted octanol–water partition coefficient (Wildman–Crippen LogP) is 3.07. The van der Waals surface area contributed by atoms with Crippen LogP contribution in [0.3, 0.4) is 0 Å². The predicted molar refractivity (Wildman–Crippen MR) is 91.7 cm³/mol. The Labute approximate surface area is 153 Å². The van der Waals surface area contributed by atoms with Crippen molar-refractivity contribution in [2.45, 2.75) is 18.8 Å². The summed E-state index contributed by atoms with van der Waals surface area (Å²) in [6.45, 7) is -0.0869. The Morgan fingerprint density at radius 1 is 1.11 bits per heavy atom. The van der Waals surface area contributed by atoms with Gasteiger partial charge in [0.05, 0.1) is 17.9 Å². The molecular formula is C19H17F3N2O3. The number of hydrogen-bond acceptors (Lipinski definition) is 3. The number of ether oxygens (including phenoxy) is 1. The van der Waals surface area contributed by atoms with Gasteiger partial charge in [0.15, 0.2) is 0 Å². The molecule has 5 nitrogen and oxygen atoms in total. The summed E-state index contributed by atoms with van der Waals surface area (Å²) >= 11 is 0. The van der Waals surface area contributed by atoms with Crippen LogP contribution in [0.1, 0.15) is 11.1 Å². The van der Waals surface area contributed by atoms with Gasteiger partial charge in [0.2, 0.25) is 11.8 Å². The fourth-order valence-corrected chi connectivity index (χ4v) is 2.86. The van der Waals surface area contributed by atoms with E-state index in [1.807, 2.05) is 6.07 Å². The summed E-state index contributed by atoms with van der Waals surface area (Å²) in [5.74, 6) is -1.12. The van der Waals surface area contributed by atoms with Crippen LogP contribution in [0.25, 0.3) is 0 Å². The Hall–Kier alpha value is -2.87. The Balaban J connectivity index is 1.81. The molecule has 3 rings (SSSR count). The molecule has 1 N–H and O–H groups in total. The number of nitrogens with zero attached hydrogens (tertiary/aromatic N) is 1. The van der Waals surface area contributed by atoms with Crippen molar-refractivity contribution in [3.8, 4) is 0 Å². The van der Waals surface area contributed by atoms with Gasteiger partial charge in [0, 0.05) is 6.54 Å². The molecule has 1 unspecified atom stereocenters. The number of carbonyl (C=O) groups is 2. The van der Waals surface area contributed by atoms with Crippen LogP contribution < -0.4 is 5.32 Å². The van der Waals surface area contributed by atoms with Crippen molar-refractivity contribution in [2.75, 3.05) is 18.5 Å². The molecule has 1 atom stereocenters. The summed E-state index contributed by atoms with van der Waals surface area (Å²) in [6, 6.07) is 12.7. The van der Waals surface area contributed by atoms with Crippen LogP contribution in [-0.4, -0.2) is 36.0 Å². The molecule has 0 spiro atoms. The van der Waals surface area contributed by atoms with Crippen LogP contribution in [-0.2, 0) is 27.0 Å². The number of halogens is 3. The maximum absolute atomic E-state index is 13.1. The van der Waals surface area contributed by atoms with E-state index in [0.717, 1.165) is 11.6 Å². The lowest BCUT2D eigenvalue weighted by atomic mass is 10.1. The first-order chi connectivity index (χ1) is 12.9. The van der Waals surface area contributed by atoms with Crippen molar-refractivity contribution in [1.82, 2.24) is 4.90 Å². The van der Waals surface area contributed by atoms with Crippen LogP contribution in [0.15, 0.2) is 54.6 Å². The third-order valence-corrected chi connectivity index (χ3v) is 4.19. The van der Waals surface area contributed by atoms with Gasteiger partial charge in [0.25, 0.3) is 0 Å². The molecule has 8 heteroatoms. The van der Waals surface area contributed by atoms with E-state index in [4.69, 9.17) is 4.74 Å². The van der Waals surface area contributed by atoms with Gasteiger partial charge in [-0.05, 0) is 17.7 Å². The molecule has 2 aromatic carbocycles. The number of nitrogens with one attached hydrogen (secondary N) is 1. The first-order valence-electron chi connectivity index (χ1n) is 8.24. The van der Waals surface area contributed by atoms with Crippen molar-refractivity contribution >= 4 is 17.5 Å². The molecule has 2 aromatic rings. The molecule has 0 saturated carbocycles. The van der Waals surface area contributed by atoms with Crippen molar-refractivity contribution in [3.63, 3.8) is 0 Å². The Kier molecular flexibility index (Phi) is 5.46. The number of rotatable bonds is 4. The van der Waals surface area contributed by atoms with E-state index in [9.17, 15) is 22.8 Å². The van der Waals surface area contributed by atoms with Gasteiger partial charge in [-0.15, -0.1) is 0 Å². The normalized spacial score (nSPS) is 17.7. The van der Waals surface area contributed by atoms with E-state index in [0.29, 0.717) is 0 Å². The number of morpholine rings is 1. The molecule has 1 heterocycles. The van der Waals surface area contributed by atoms with Crippen LogP contribution in [0.2, 0.25) is 0 Å². The van der Waals surface area contributed by atoms with Crippen molar-refractivity contribution in [1.29, 1.82) is 0 Å². The standard InChI is InChI=1S/C19H17F3N2O3/c20-19(21,22)14-8-4-5-9-15(14)23-18(26)16-11-27-12-17(25)24(16)10-13-6-2-1-3-7-13/h1-9,16H,10-12H2,(H,23,26). The second-order valence-electron chi connectivity index (χ2n) is 6.07. The summed E-state index contributed by atoms with van der Waals surface area (Å²) in [7, 11) is 0. The largest absolute Gasteiger partial charge is 0.418 e. The second-order valence-corrected chi connectivity index (χ2v) is 6.07. The van der Waals surface area contributed by atoms with Gasteiger partial charge in [-0.1, -0.05) is 42.5 Å². The third-order valence-electron chi connectivity index (χ3n) is 4.19. The van der Waals surface area contributed by atoms with Crippen molar-refractivity contribution in [3.05, 3.63) is 65.7 Å². The topological polar surface area (TPSA) is 58.6 Å². The van der Waals surface area contributed by atoms with Crippen molar-refractivity contribution < 1.29 is 27.5 Å². The average Bonchev–Trinajstić information content (AvgIpc) is 2.64. The molecule has 1 saturated heterocycles. The quantitative estimate of drug-likeness (QED) is 0.890. The molecule has 2 amide bonds. The van der Waals surface area contributed by atoms with Gasteiger partial charge in [-0.25, -0.2) is 0 Å². The fraction of sp³-hybridized carbons (Fsp3) is 0.263. The lowest BCUT2D eigenvalue weighted by Gasteiger charge is -2.34. The number of benzene rings is 2. The summed E-state index contributed by atoms with van der Waals surface area (Å²) in [6.07, 6.45) is -4.60. The van der Waals surface area contributed by atoms with Gasteiger partial charge >= 0.3 is 6.18 Å². The lowest BCUT2D eigenvalue weighted by Crippen LogP contribution is -2.54. The first kappa shape index (κ1) is 18.9. The number of hydrogen-bond donors (Lipinski definition) is 1. The Morgan fingerprint density at radius 3 is 2.48 bits per heavy atom. The maximum Gasteiger partial charge on any atom is 0.418 e. The summed E-state index contributed by atoms with van der Waals surface area (Å²) in [5, 5.41) is 2.29. The molecule has 0 bridgehead atoms. The highest BCUT2D eigenvalue weighted by Gasteiger charge is 2.37. The zero-order valence-corrected chi connectivity index (χ0v) is 14.2. The smallest absolute Gasteiger partial charge is 0.369 e. The molecular weight excluding hydrogens is 361 g/mol. The highest BCUT2D eigenvalue weighted by molar-refractivity contribution is 5.98. The van der Waals surface area contributed by atoms with Gasteiger partial charge < -0.3 is 15.0 Å². The third kappa shape index (κ3) is 4.46. The fourth-order valence-electron chi connectivity index (χ4n) is 2.86. The van der Waals surface area contributed by atoms with Gasteiger partial charge in [-0.2, -0.15) is 13.2 Å². The first-order valence-corrected chi connectivity index (χ1v) is 8.24. The molecule has 0 radical (unpaired) electrons. The maximum atomic E-state index is 13.1. The minimum Gasteiger partial charge on any atom is -0.369 e. The van der Waals surface area contributed by atoms with Crippen LogP contribution >= 0.6 is 0 Å².